The molecule has 0 aliphatic heterocycles. The molecule has 0 aliphatic carbocycles. The van der Waals surface area contributed by atoms with E-state index in [0.29, 0.717) is 12.3 Å². The van der Waals surface area contributed by atoms with E-state index in [2.05, 4.69) is 33.0 Å². The number of hydrogen-bond donors (Lipinski definition) is 2. The lowest BCUT2D eigenvalue weighted by Gasteiger charge is -2.32. The fourth-order valence-corrected chi connectivity index (χ4v) is 2.50. The van der Waals surface area contributed by atoms with Crippen LogP contribution in [0.15, 0.2) is 0 Å². The topological polar surface area (TPSA) is 55.1 Å². The highest BCUT2D eigenvalue weighted by Crippen LogP contribution is 2.20. The minimum absolute atomic E-state index is 0.00661. The Morgan fingerprint density at radius 3 is 2.06 bits per heavy atom. The average Bonchev–Trinajstić information content (AvgIpc) is 2.41. The fraction of sp³-hybridized carbons (Fsp3) is 0.933. The van der Waals surface area contributed by atoms with E-state index in [9.17, 15) is 4.79 Å². The van der Waals surface area contributed by atoms with E-state index in [-0.39, 0.29) is 11.4 Å². The van der Waals surface area contributed by atoms with Gasteiger partial charge in [0.15, 0.2) is 0 Å². The van der Waals surface area contributed by atoms with E-state index in [1.54, 1.807) is 0 Å². The van der Waals surface area contributed by atoms with Gasteiger partial charge in [-0.2, -0.15) is 0 Å². The summed E-state index contributed by atoms with van der Waals surface area (Å²) >= 11 is 0. The Morgan fingerprint density at radius 2 is 1.67 bits per heavy atom. The van der Waals surface area contributed by atoms with Crippen LogP contribution in [0, 0.1) is 5.92 Å². The van der Waals surface area contributed by atoms with Gasteiger partial charge in [-0.05, 0) is 44.6 Å². The molecule has 1 atom stereocenters. The van der Waals surface area contributed by atoms with Crippen LogP contribution in [0.2, 0.25) is 0 Å². The fourth-order valence-electron chi connectivity index (χ4n) is 2.50. The zero-order chi connectivity index (χ0) is 14.0. The minimum Gasteiger partial charge on any atom is -0.351 e. The molecule has 0 saturated carbocycles. The second kappa shape index (κ2) is 9.37. The summed E-state index contributed by atoms with van der Waals surface area (Å²) in [4.78, 5) is 12.0. The number of hydrogen-bond acceptors (Lipinski definition) is 2. The average molecular weight is 256 g/mol. The standard InChI is InChI=1S/C15H32N2O/c1-5-13(11-12-16)9-10-14(18)17-15(6-2,7-3)8-4/h13H,5-12,16H2,1-4H3,(H,17,18). The van der Waals surface area contributed by atoms with Crippen molar-refractivity contribution in [3.05, 3.63) is 0 Å². The molecule has 1 unspecified atom stereocenters. The molecular formula is C15H32N2O. The van der Waals surface area contributed by atoms with Gasteiger partial charge in [0.2, 0.25) is 5.91 Å². The molecule has 3 heteroatoms. The molecule has 0 radical (unpaired) electrons. The van der Waals surface area contributed by atoms with Gasteiger partial charge >= 0.3 is 0 Å². The molecule has 18 heavy (non-hydrogen) atoms. The number of amides is 1. The van der Waals surface area contributed by atoms with Gasteiger partial charge in [0.05, 0.1) is 0 Å². The van der Waals surface area contributed by atoms with E-state index in [1.807, 2.05) is 0 Å². The maximum atomic E-state index is 12.0. The predicted octanol–water partition coefficient (Wildman–Crippen LogP) is 3.23. The summed E-state index contributed by atoms with van der Waals surface area (Å²) in [5, 5.41) is 3.23. The molecule has 0 rings (SSSR count). The van der Waals surface area contributed by atoms with Crippen molar-refractivity contribution in [2.24, 2.45) is 11.7 Å². The smallest absolute Gasteiger partial charge is 0.220 e. The summed E-state index contributed by atoms with van der Waals surface area (Å²) < 4.78 is 0. The van der Waals surface area contributed by atoms with Crippen molar-refractivity contribution in [2.45, 2.75) is 78.2 Å². The maximum absolute atomic E-state index is 12.0. The molecule has 0 bridgehead atoms. The number of carbonyl (C=O) groups excluding carboxylic acids is 1. The molecule has 0 heterocycles. The van der Waals surface area contributed by atoms with Crippen LogP contribution >= 0.6 is 0 Å². The van der Waals surface area contributed by atoms with Crippen LogP contribution in [0.3, 0.4) is 0 Å². The van der Waals surface area contributed by atoms with Crippen molar-refractivity contribution < 1.29 is 4.79 Å². The summed E-state index contributed by atoms with van der Waals surface area (Å²) in [5.41, 5.74) is 5.58. The van der Waals surface area contributed by atoms with Crippen LogP contribution in [0.1, 0.15) is 72.6 Å². The molecule has 0 fully saturated rings. The number of carbonyl (C=O) groups is 1. The molecule has 0 saturated heterocycles. The molecule has 0 aromatic rings. The Balaban J connectivity index is 4.16. The Kier molecular flexibility index (Phi) is 9.08. The van der Waals surface area contributed by atoms with Crippen LogP contribution < -0.4 is 11.1 Å². The van der Waals surface area contributed by atoms with E-state index in [0.717, 1.165) is 45.1 Å². The van der Waals surface area contributed by atoms with Gasteiger partial charge in [-0.1, -0.05) is 34.1 Å². The third-order valence-corrected chi connectivity index (χ3v) is 4.37. The third-order valence-electron chi connectivity index (χ3n) is 4.37. The quantitative estimate of drug-likeness (QED) is 0.630. The van der Waals surface area contributed by atoms with Crippen molar-refractivity contribution in [1.82, 2.24) is 5.32 Å². The second-order valence-corrected chi connectivity index (χ2v) is 5.28. The van der Waals surface area contributed by atoms with Crippen molar-refractivity contribution in [3.8, 4) is 0 Å². The monoisotopic (exact) mass is 256 g/mol. The van der Waals surface area contributed by atoms with E-state index < -0.39 is 0 Å². The second-order valence-electron chi connectivity index (χ2n) is 5.28. The van der Waals surface area contributed by atoms with Gasteiger partial charge in [-0.3, -0.25) is 4.79 Å². The van der Waals surface area contributed by atoms with Crippen LogP contribution in [0.4, 0.5) is 0 Å². The van der Waals surface area contributed by atoms with Crippen LogP contribution in [-0.2, 0) is 4.79 Å². The molecule has 0 spiro atoms. The first-order chi connectivity index (χ1) is 8.57. The Hall–Kier alpha value is -0.570. The summed E-state index contributed by atoms with van der Waals surface area (Å²) in [6.07, 6.45) is 6.77. The zero-order valence-corrected chi connectivity index (χ0v) is 12.7. The lowest BCUT2D eigenvalue weighted by molar-refractivity contribution is -0.123. The van der Waals surface area contributed by atoms with Gasteiger partial charge in [-0.25, -0.2) is 0 Å². The van der Waals surface area contributed by atoms with Crippen molar-refractivity contribution in [3.63, 3.8) is 0 Å². The van der Waals surface area contributed by atoms with Gasteiger partial charge in [0.25, 0.3) is 0 Å². The molecular weight excluding hydrogens is 224 g/mol. The zero-order valence-electron chi connectivity index (χ0n) is 12.7. The van der Waals surface area contributed by atoms with Gasteiger partial charge < -0.3 is 11.1 Å². The lowest BCUT2D eigenvalue weighted by Crippen LogP contribution is -2.47. The Bertz CT molecular complexity index is 216. The molecule has 3 N–H and O–H groups in total. The van der Waals surface area contributed by atoms with Crippen LogP contribution in [0.5, 0.6) is 0 Å². The molecule has 0 aliphatic rings. The van der Waals surface area contributed by atoms with Crippen LogP contribution in [-0.4, -0.2) is 18.0 Å². The first kappa shape index (κ1) is 17.4. The van der Waals surface area contributed by atoms with Crippen molar-refractivity contribution in [2.75, 3.05) is 6.54 Å². The number of rotatable bonds is 10. The minimum atomic E-state index is 0.00661. The SMILES string of the molecule is CCC(CCN)CCC(=O)NC(CC)(CC)CC. The Labute approximate surface area is 113 Å². The highest BCUT2D eigenvalue weighted by atomic mass is 16.1. The van der Waals surface area contributed by atoms with Crippen LogP contribution in [0.25, 0.3) is 0 Å². The van der Waals surface area contributed by atoms with Crippen molar-refractivity contribution in [1.29, 1.82) is 0 Å². The number of nitrogens with one attached hydrogen (secondary N) is 1. The highest BCUT2D eigenvalue weighted by molar-refractivity contribution is 5.76. The first-order valence-electron chi connectivity index (χ1n) is 7.58. The first-order valence-corrected chi connectivity index (χ1v) is 7.58. The molecule has 0 aromatic heterocycles. The molecule has 108 valence electrons. The maximum Gasteiger partial charge on any atom is 0.220 e. The number of nitrogens with two attached hydrogens (primary N) is 1. The Morgan fingerprint density at radius 1 is 1.11 bits per heavy atom. The third kappa shape index (κ3) is 5.85. The predicted molar refractivity (Wildman–Crippen MR) is 78.4 cm³/mol. The van der Waals surface area contributed by atoms with Gasteiger partial charge in [0.1, 0.15) is 0 Å². The van der Waals surface area contributed by atoms with E-state index in [4.69, 9.17) is 5.73 Å². The summed E-state index contributed by atoms with van der Waals surface area (Å²) in [7, 11) is 0. The summed E-state index contributed by atoms with van der Waals surface area (Å²) in [6.45, 7) is 9.35. The largest absolute Gasteiger partial charge is 0.351 e. The molecule has 0 aromatic carbocycles. The van der Waals surface area contributed by atoms with E-state index >= 15 is 0 Å². The van der Waals surface area contributed by atoms with Gasteiger partial charge in [-0.15, -0.1) is 0 Å². The van der Waals surface area contributed by atoms with E-state index in [1.165, 1.54) is 0 Å². The lowest BCUT2D eigenvalue weighted by atomic mass is 9.89. The molecule has 1 amide bonds. The summed E-state index contributed by atoms with van der Waals surface area (Å²) in [6, 6.07) is 0. The summed E-state index contributed by atoms with van der Waals surface area (Å²) in [5.74, 6) is 0.802. The highest BCUT2D eigenvalue weighted by Gasteiger charge is 2.25. The normalized spacial score (nSPS) is 13.4. The molecule has 3 nitrogen and oxygen atoms in total. The van der Waals surface area contributed by atoms with Crippen molar-refractivity contribution >= 4 is 5.91 Å². The van der Waals surface area contributed by atoms with Gasteiger partial charge in [0, 0.05) is 12.0 Å².